The van der Waals surface area contributed by atoms with Gasteiger partial charge in [0, 0.05) is 92.3 Å². The number of hydrazine groups is 1. The SMILES string of the molecule is CCn1c(-c2cccnc2[C@H](C)OC)c2c3cc(ccc31)-c1csc(n1)C[C@H](NC(=O)C(C(C)C)N(C)C(=O)N1CCO[C@]3(CCN(C)C3)C1)C(=O)N1CCC[C@H](N1)C(=O)OCC(C)(C)C2. The lowest BCUT2D eigenvalue weighted by Crippen LogP contribution is -2.63. The third-order valence-corrected chi connectivity index (χ3v) is 14.7. The number of aromatic nitrogens is 3. The fourth-order valence-corrected chi connectivity index (χ4v) is 11.2. The molecule has 3 aromatic heterocycles. The number of morpholine rings is 1. The smallest absolute Gasteiger partial charge is 0.324 e. The number of urea groups is 1. The van der Waals surface area contributed by atoms with Crippen molar-refractivity contribution in [3.05, 3.63) is 58.2 Å². The molecule has 4 aliphatic heterocycles. The maximum Gasteiger partial charge on any atom is 0.324 e. The van der Waals surface area contributed by atoms with Gasteiger partial charge in [-0.15, -0.1) is 11.3 Å². The van der Waals surface area contributed by atoms with E-state index in [9.17, 15) is 19.2 Å². The Bertz CT molecular complexity index is 2450. The number of hydrogen-bond acceptors (Lipinski definition) is 12. The molecule has 16 nitrogen and oxygen atoms in total. The van der Waals surface area contributed by atoms with Gasteiger partial charge in [-0.25, -0.2) is 15.2 Å². The molecule has 6 bridgehead atoms. The Hall–Kier alpha value is -4.94. The van der Waals surface area contributed by atoms with Crippen LogP contribution in [0.25, 0.3) is 33.4 Å². The van der Waals surface area contributed by atoms with Gasteiger partial charge >= 0.3 is 12.0 Å². The molecule has 4 aromatic rings. The number of thiazole rings is 1. The lowest BCUT2D eigenvalue weighted by Gasteiger charge is -2.43. The average molecular weight is 926 g/mol. The second-order valence-corrected chi connectivity index (χ2v) is 20.7. The molecule has 4 aliphatic rings. The number of ether oxygens (including phenoxy) is 3. The highest BCUT2D eigenvalue weighted by Gasteiger charge is 2.45. The Morgan fingerprint density at radius 3 is 2.65 bits per heavy atom. The van der Waals surface area contributed by atoms with Crippen LogP contribution in [0, 0.1) is 11.3 Å². The van der Waals surface area contributed by atoms with Gasteiger partial charge < -0.3 is 38.8 Å². The number of hydrogen-bond donors (Lipinski definition) is 2. The number of likely N-dealkylation sites (N-methyl/N-ethyl adjacent to an activating group) is 2. The third-order valence-electron chi connectivity index (χ3n) is 13.8. The highest BCUT2D eigenvalue weighted by Crippen LogP contribution is 2.42. The largest absolute Gasteiger partial charge is 0.464 e. The molecule has 8 rings (SSSR count). The summed E-state index contributed by atoms with van der Waals surface area (Å²) in [6.45, 7) is 16.3. The Morgan fingerprint density at radius 2 is 1.92 bits per heavy atom. The van der Waals surface area contributed by atoms with Crippen LogP contribution in [0.4, 0.5) is 4.79 Å². The molecule has 2 N–H and O–H groups in total. The van der Waals surface area contributed by atoms with E-state index in [-0.39, 0.29) is 31.1 Å². The standard InChI is InChI=1S/C49H67N9O7S/c1-10-57-39-16-15-32-23-34(39)35(43(57)33-13-11-18-50-41(33)31(4)63-9)25-48(5,6)29-64-46(61)36-14-12-19-58(53-36)45(60)37(24-40-51-38(32)26-66-40)52-44(59)42(30(2)3)55(8)47(62)56-21-22-65-49(28-56)17-20-54(7)27-49/h11,13,15-16,18,23,26,30-31,36-37,42,53H,10,12,14,17,19-22,24-25,27-29H2,1-9H3,(H,52,59)/t31-,36-,37-,42?,49-/m0/s1. The highest BCUT2D eigenvalue weighted by molar-refractivity contribution is 7.10. The number of likely N-dealkylation sites (tertiary alicyclic amines) is 1. The van der Waals surface area contributed by atoms with Gasteiger partial charge in [-0.05, 0) is 82.3 Å². The average Bonchev–Trinajstić information content (AvgIpc) is 4.01. The van der Waals surface area contributed by atoms with Crippen LogP contribution in [0.5, 0.6) is 0 Å². The zero-order valence-electron chi connectivity index (χ0n) is 40.0. The fraction of sp³-hybridized carbons (Fsp3) is 0.592. The van der Waals surface area contributed by atoms with E-state index in [0.29, 0.717) is 57.1 Å². The second kappa shape index (κ2) is 19.3. The van der Waals surface area contributed by atoms with Crippen molar-refractivity contribution in [2.45, 2.75) is 110 Å². The van der Waals surface area contributed by atoms with Crippen molar-refractivity contribution >= 4 is 46.1 Å². The topological polar surface area (TPSA) is 164 Å². The molecule has 7 heterocycles. The first-order chi connectivity index (χ1) is 31.5. The first-order valence-corrected chi connectivity index (χ1v) is 24.4. The Labute approximate surface area is 392 Å². The molecule has 0 aliphatic carbocycles. The molecule has 1 unspecified atom stereocenters. The van der Waals surface area contributed by atoms with Crippen LogP contribution in [0.1, 0.15) is 83.2 Å². The molecule has 1 aromatic carbocycles. The van der Waals surface area contributed by atoms with Crippen LogP contribution in [-0.2, 0) is 48.0 Å². The molecule has 1 spiro atoms. The van der Waals surface area contributed by atoms with Crippen molar-refractivity contribution in [2.75, 3.05) is 67.1 Å². The van der Waals surface area contributed by atoms with Crippen LogP contribution >= 0.6 is 11.3 Å². The number of esters is 1. The molecule has 4 amide bonds. The summed E-state index contributed by atoms with van der Waals surface area (Å²) in [5.74, 6) is -1.56. The van der Waals surface area contributed by atoms with E-state index < -0.39 is 46.9 Å². The van der Waals surface area contributed by atoms with Crippen molar-refractivity contribution < 1.29 is 33.4 Å². The maximum atomic E-state index is 14.7. The van der Waals surface area contributed by atoms with E-state index in [1.807, 2.05) is 32.2 Å². The lowest BCUT2D eigenvalue weighted by molar-refractivity contribution is -0.155. The van der Waals surface area contributed by atoms with Crippen LogP contribution in [0.2, 0.25) is 0 Å². The second-order valence-electron chi connectivity index (χ2n) is 19.8. The summed E-state index contributed by atoms with van der Waals surface area (Å²) in [4.78, 5) is 72.8. The summed E-state index contributed by atoms with van der Waals surface area (Å²) in [5.41, 5.74) is 8.96. The van der Waals surface area contributed by atoms with Gasteiger partial charge in [-0.3, -0.25) is 24.4 Å². The van der Waals surface area contributed by atoms with E-state index in [0.717, 1.165) is 64.2 Å². The van der Waals surface area contributed by atoms with Crippen molar-refractivity contribution in [1.29, 1.82) is 0 Å². The molecular formula is C49H67N9O7S. The van der Waals surface area contributed by atoms with Crippen LogP contribution in [0.15, 0.2) is 41.9 Å². The number of carbonyl (C=O) groups is 4. The number of benzene rings is 1. The molecule has 3 saturated heterocycles. The van der Waals surface area contributed by atoms with Gasteiger partial charge in [0.2, 0.25) is 5.91 Å². The summed E-state index contributed by atoms with van der Waals surface area (Å²) < 4.78 is 20.5. The number of nitrogens with zero attached hydrogens (tertiary/aromatic N) is 7. The minimum Gasteiger partial charge on any atom is -0.464 e. The van der Waals surface area contributed by atoms with E-state index in [1.54, 1.807) is 25.3 Å². The summed E-state index contributed by atoms with van der Waals surface area (Å²) in [5, 5.41) is 8.23. The van der Waals surface area contributed by atoms with Gasteiger partial charge in [0.1, 0.15) is 18.1 Å². The number of fused-ring (bicyclic) bond motifs is 6. The molecule has 3 fully saturated rings. The number of amides is 4. The number of methoxy groups -OCH3 is 1. The Kier molecular flexibility index (Phi) is 13.9. The van der Waals surface area contributed by atoms with Gasteiger partial charge in [0.05, 0.1) is 53.6 Å². The van der Waals surface area contributed by atoms with Crippen molar-refractivity contribution in [3.8, 4) is 22.5 Å². The van der Waals surface area contributed by atoms with Crippen LogP contribution in [-0.4, -0.2) is 149 Å². The van der Waals surface area contributed by atoms with Gasteiger partial charge in [0.15, 0.2) is 0 Å². The highest BCUT2D eigenvalue weighted by atomic mass is 32.1. The molecule has 66 heavy (non-hydrogen) atoms. The summed E-state index contributed by atoms with van der Waals surface area (Å²) in [7, 11) is 5.41. The third kappa shape index (κ3) is 9.59. The van der Waals surface area contributed by atoms with Crippen LogP contribution < -0.4 is 10.7 Å². The molecular weight excluding hydrogens is 859 g/mol. The number of rotatable bonds is 8. The molecule has 356 valence electrons. The molecule has 0 radical (unpaired) electrons. The molecule has 5 atom stereocenters. The number of nitrogens with one attached hydrogen (secondary N) is 2. The summed E-state index contributed by atoms with van der Waals surface area (Å²) in [6, 6.07) is 7.51. The van der Waals surface area contributed by atoms with Crippen LogP contribution in [0.3, 0.4) is 0 Å². The number of carbonyl (C=O) groups excluding carboxylic acids is 4. The predicted molar refractivity (Wildman–Crippen MR) is 253 cm³/mol. The minimum atomic E-state index is -1.06. The Balaban J connectivity index is 1.15. The van der Waals surface area contributed by atoms with E-state index in [2.05, 4.69) is 72.3 Å². The first kappa shape index (κ1) is 47.5. The quantitative estimate of drug-likeness (QED) is 0.209. The van der Waals surface area contributed by atoms with E-state index in [4.69, 9.17) is 24.2 Å². The summed E-state index contributed by atoms with van der Waals surface area (Å²) in [6.07, 6.45) is 4.11. The zero-order chi connectivity index (χ0) is 47.1. The van der Waals surface area contributed by atoms with E-state index in [1.165, 1.54) is 21.2 Å². The fourth-order valence-electron chi connectivity index (χ4n) is 10.4. The van der Waals surface area contributed by atoms with Crippen molar-refractivity contribution in [3.63, 3.8) is 0 Å². The summed E-state index contributed by atoms with van der Waals surface area (Å²) >= 11 is 1.43. The normalized spacial score (nSPS) is 23.8. The zero-order valence-corrected chi connectivity index (χ0v) is 40.8. The number of cyclic esters (lactones) is 1. The first-order valence-electron chi connectivity index (χ1n) is 23.5. The van der Waals surface area contributed by atoms with Gasteiger partial charge in [0.25, 0.3) is 5.91 Å². The van der Waals surface area contributed by atoms with Gasteiger partial charge in [-0.1, -0.05) is 33.8 Å². The Morgan fingerprint density at radius 1 is 1.12 bits per heavy atom. The minimum absolute atomic E-state index is 0.101. The number of pyridine rings is 1. The predicted octanol–water partition coefficient (Wildman–Crippen LogP) is 5.69. The lowest BCUT2D eigenvalue weighted by atomic mass is 9.84. The maximum absolute atomic E-state index is 14.7. The molecule has 17 heteroatoms. The van der Waals surface area contributed by atoms with Crippen molar-refractivity contribution in [2.24, 2.45) is 11.3 Å². The molecule has 0 saturated carbocycles. The number of aryl methyl sites for hydroxylation is 1. The van der Waals surface area contributed by atoms with Gasteiger partial charge in [-0.2, -0.15) is 0 Å². The van der Waals surface area contributed by atoms with E-state index >= 15 is 0 Å². The monoisotopic (exact) mass is 925 g/mol. The van der Waals surface area contributed by atoms with Crippen molar-refractivity contribution in [1.82, 2.24) is 45.0 Å².